The van der Waals surface area contributed by atoms with Gasteiger partial charge >= 0.3 is 0 Å². The molecule has 3 rings (SSSR count). The van der Waals surface area contributed by atoms with Crippen LogP contribution in [0.5, 0.6) is 5.75 Å². The van der Waals surface area contributed by atoms with Gasteiger partial charge in [-0.3, -0.25) is 14.6 Å². The largest absolute Gasteiger partial charge is 0.496 e. The molecule has 1 atom stereocenters. The zero-order valence-corrected chi connectivity index (χ0v) is 16.2. The number of methoxy groups -OCH3 is 1. The number of benzene rings is 2. The van der Waals surface area contributed by atoms with Gasteiger partial charge in [-0.25, -0.2) is 0 Å². The van der Waals surface area contributed by atoms with E-state index in [-0.39, 0.29) is 11.9 Å². The second-order valence-corrected chi connectivity index (χ2v) is 7.00. The summed E-state index contributed by atoms with van der Waals surface area (Å²) in [6.07, 6.45) is 0. The van der Waals surface area contributed by atoms with Crippen molar-refractivity contribution in [3.05, 3.63) is 65.7 Å². The highest BCUT2D eigenvalue weighted by Crippen LogP contribution is 2.17. The zero-order chi connectivity index (χ0) is 19.1. The first-order valence-corrected chi connectivity index (χ1v) is 9.57. The Bertz CT molecular complexity index is 727. The summed E-state index contributed by atoms with van der Waals surface area (Å²) in [4.78, 5) is 17.3. The van der Waals surface area contributed by atoms with E-state index in [4.69, 9.17) is 4.74 Å². The van der Waals surface area contributed by atoms with E-state index < -0.39 is 0 Å². The number of carbonyl (C=O) groups excluding carboxylic acids is 1. The van der Waals surface area contributed by atoms with Gasteiger partial charge in [0.2, 0.25) is 5.91 Å². The van der Waals surface area contributed by atoms with E-state index in [1.165, 1.54) is 5.56 Å². The number of rotatable bonds is 7. The molecule has 1 heterocycles. The summed E-state index contributed by atoms with van der Waals surface area (Å²) in [6.45, 7) is 7.25. The number of ether oxygens (including phenoxy) is 1. The van der Waals surface area contributed by atoms with E-state index in [9.17, 15) is 4.79 Å². The molecule has 1 aliphatic heterocycles. The van der Waals surface area contributed by atoms with Crippen LogP contribution in [0.3, 0.4) is 0 Å². The Balaban J connectivity index is 1.45. The van der Waals surface area contributed by atoms with Crippen molar-refractivity contribution in [1.29, 1.82) is 0 Å². The van der Waals surface area contributed by atoms with Gasteiger partial charge in [-0.2, -0.15) is 0 Å². The maximum atomic E-state index is 12.6. The third-order valence-electron chi connectivity index (χ3n) is 5.23. The van der Waals surface area contributed by atoms with Crippen LogP contribution in [0.1, 0.15) is 18.1 Å². The Morgan fingerprint density at radius 2 is 1.70 bits per heavy atom. The van der Waals surface area contributed by atoms with Crippen LogP contribution < -0.4 is 10.1 Å². The Kier molecular flexibility index (Phi) is 6.85. The maximum absolute atomic E-state index is 12.6. The number of nitrogens with one attached hydrogen (secondary N) is 1. The lowest BCUT2D eigenvalue weighted by Crippen LogP contribution is -2.53. The fourth-order valence-electron chi connectivity index (χ4n) is 3.50. The molecule has 1 N–H and O–H groups in total. The zero-order valence-electron chi connectivity index (χ0n) is 16.2. The molecule has 27 heavy (non-hydrogen) atoms. The van der Waals surface area contributed by atoms with Gasteiger partial charge in [0.1, 0.15) is 5.75 Å². The normalized spacial score (nSPS) is 16.7. The van der Waals surface area contributed by atoms with E-state index in [0.717, 1.165) is 44.0 Å². The average Bonchev–Trinajstić information content (AvgIpc) is 2.73. The predicted molar refractivity (Wildman–Crippen MR) is 108 cm³/mol. The molecule has 2 aromatic carbocycles. The Morgan fingerprint density at radius 3 is 2.41 bits per heavy atom. The average molecular weight is 367 g/mol. The summed E-state index contributed by atoms with van der Waals surface area (Å²) in [5.41, 5.74) is 2.33. The highest BCUT2D eigenvalue weighted by Gasteiger charge is 2.25. The fourth-order valence-corrected chi connectivity index (χ4v) is 3.50. The molecule has 0 aliphatic carbocycles. The summed E-state index contributed by atoms with van der Waals surface area (Å²) >= 11 is 0. The van der Waals surface area contributed by atoms with Gasteiger partial charge in [0, 0.05) is 44.8 Å². The highest BCUT2D eigenvalue weighted by molar-refractivity contribution is 5.81. The smallest absolute Gasteiger partial charge is 0.237 e. The molecule has 0 unspecified atom stereocenters. The van der Waals surface area contributed by atoms with E-state index in [2.05, 4.69) is 39.4 Å². The molecule has 1 saturated heterocycles. The number of nitrogens with zero attached hydrogens (tertiary/aromatic N) is 2. The fraction of sp³-hybridized carbons (Fsp3) is 0.409. The second-order valence-electron chi connectivity index (χ2n) is 7.00. The van der Waals surface area contributed by atoms with Crippen LogP contribution in [0.25, 0.3) is 0 Å². The van der Waals surface area contributed by atoms with Gasteiger partial charge in [-0.1, -0.05) is 48.5 Å². The van der Waals surface area contributed by atoms with Crippen molar-refractivity contribution in [1.82, 2.24) is 15.1 Å². The standard InChI is InChI=1S/C22H29N3O2/c1-18(22(26)23-16-20-10-6-7-11-21(20)27-2)25-14-12-24(13-15-25)17-19-8-4-3-5-9-19/h3-11,18H,12-17H2,1-2H3,(H,23,26)/t18-/m0/s1. The van der Waals surface area contributed by atoms with Gasteiger partial charge in [0.25, 0.3) is 0 Å². The molecule has 0 radical (unpaired) electrons. The minimum absolute atomic E-state index is 0.0671. The van der Waals surface area contributed by atoms with Crippen molar-refractivity contribution >= 4 is 5.91 Å². The number of carbonyl (C=O) groups is 1. The van der Waals surface area contributed by atoms with Crippen LogP contribution in [-0.2, 0) is 17.9 Å². The Hall–Kier alpha value is -2.37. The number of amides is 1. The maximum Gasteiger partial charge on any atom is 0.237 e. The van der Waals surface area contributed by atoms with E-state index >= 15 is 0 Å². The second kappa shape index (κ2) is 9.53. The lowest BCUT2D eigenvalue weighted by molar-refractivity contribution is -0.126. The first-order valence-electron chi connectivity index (χ1n) is 9.57. The van der Waals surface area contributed by atoms with Crippen LogP contribution in [0.4, 0.5) is 0 Å². The van der Waals surface area contributed by atoms with Crippen LogP contribution >= 0.6 is 0 Å². The van der Waals surface area contributed by atoms with Crippen LogP contribution in [0.2, 0.25) is 0 Å². The molecule has 2 aromatic rings. The Labute approximate surface area is 161 Å². The van der Waals surface area contributed by atoms with Crippen molar-refractivity contribution < 1.29 is 9.53 Å². The predicted octanol–water partition coefficient (Wildman–Crippen LogP) is 2.52. The third-order valence-corrected chi connectivity index (χ3v) is 5.23. The van der Waals surface area contributed by atoms with Gasteiger partial charge < -0.3 is 10.1 Å². The van der Waals surface area contributed by atoms with Crippen LogP contribution in [-0.4, -0.2) is 55.0 Å². The van der Waals surface area contributed by atoms with Crippen molar-refractivity contribution in [3.8, 4) is 5.75 Å². The number of para-hydroxylation sites is 1. The molecule has 5 nitrogen and oxygen atoms in total. The van der Waals surface area contributed by atoms with Crippen LogP contribution in [0.15, 0.2) is 54.6 Å². The lowest BCUT2D eigenvalue weighted by Gasteiger charge is -2.37. The highest BCUT2D eigenvalue weighted by atomic mass is 16.5. The van der Waals surface area contributed by atoms with Gasteiger partial charge in [-0.05, 0) is 18.6 Å². The lowest BCUT2D eigenvalue weighted by atomic mass is 10.1. The molecule has 0 bridgehead atoms. The van der Waals surface area contributed by atoms with Gasteiger partial charge in [0.15, 0.2) is 0 Å². The molecular formula is C22H29N3O2. The van der Waals surface area contributed by atoms with E-state index in [0.29, 0.717) is 6.54 Å². The first-order chi connectivity index (χ1) is 13.2. The first kappa shape index (κ1) is 19.4. The monoisotopic (exact) mass is 367 g/mol. The molecular weight excluding hydrogens is 338 g/mol. The van der Waals surface area contributed by atoms with Crippen molar-refractivity contribution in [3.63, 3.8) is 0 Å². The van der Waals surface area contributed by atoms with Gasteiger partial charge in [-0.15, -0.1) is 0 Å². The van der Waals surface area contributed by atoms with E-state index in [1.54, 1.807) is 7.11 Å². The van der Waals surface area contributed by atoms with Crippen LogP contribution in [0, 0.1) is 0 Å². The number of piperazine rings is 1. The third kappa shape index (κ3) is 5.31. The molecule has 1 amide bonds. The molecule has 0 spiro atoms. The summed E-state index contributed by atoms with van der Waals surface area (Å²) in [5, 5.41) is 3.05. The quantitative estimate of drug-likeness (QED) is 0.817. The summed E-state index contributed by atoms with van der Waals surface area (Å²) in [7, 11) is 1.65. The molecule has 1 aliphatic rings. The van der Waals surface area contributed by atoms with Crippen molar-refractivity contribution in [2.24, 2.45) is 0 Å². The minimum atomic E-state index is -0.126. The molecule has 0 aromatic heterocycles. The van der Waals surface area contributed by atoms with Crippen molar-refractivity contribution in [2.45, 2.75) is 26.1 Å². The van der Waals surface area contributed by atoms with Gasteiger partial charge in [0.05, 0.1) is 13.2 Å². The topological polar surface area (TPSA) is 44.8 Å². The number of hydrogen-bond acceptors (Lipinski definition) is 4. The number of hydrogen-bond donors (Lipinski definition) is 1. The SMILES string of the molecule is COc1ccccc1CNC(=O)[C@H](C)N1CCN(Cc2ccccc2)CC1. The Morgan fingerprint density at radius 1 is 1.04 bits per heavy atom. The minimum Gasteiger partial charge on any atom is -0.496 e. The summed E-state index contributed by atoms with van der Waals surface area (Å²) < 4.78 is 5.35. The summed E-state index contributed by atoms with van der Waals surface area (Å²) in [5.74, 6) is 0.873. The molecule has 5 heteroatoms. The van der Waals surface area contributed by atoms with Crippen molar-refractivity contribution in [2.75, 3.05) is 33.3 Å². The van der Waals surface area contributed by atoms with E-state index in [1.807, 2.05) is 37.3 Å². The molecule has 144 valence electrons. The molecule has 1 fully saturated rings. The summed E-state index contributed by atoms with van der Waals surface area (Å²) in [6, 6.07) is 18.2. The molecule has 0 saturated carbocycles.